The molecule has 144 valence electrons. The number of benzene rings is 1. The molecule has 1 aromatic carbocycles. The van der Waals surface area contributed by atoms with Crippen molar-refractivity contribution < 1.29 is 14.3 Å². The third-order valence-corrected chi connectivity index (χ3v) is 4.23. The monoisotopic (exact) mass is 378 g/mol. The van der Waals surface area contributed by atoms with Crippen LogP contribution < -0.4 is 5.32 Å². The summed E-state index contributed by atoms with van der Waals surface area (Å²) in [5.41, 5.74) is 3.57. The molecular weight excluding hydrogens is 356 g/mol. The van der Waals surface area contributed by atoms with E-state index < -0.39 is 5.97 Å². The molecule has 2 N–H and O–H groups in total. The summed E-state index contributed by atoms with van der Waals surface area (Å²) in [5.74, 6) is -0.588. The predicted molar refractivity (Wildman–Crippen MR) is 108 cm³/mol. The van der Waals surface area contributed by atoms with E-state index in [1.807, 2.05) is 37.3 Å². The van der Waals surface area contributed by atoms with Gasteiger partial charge in [0.15, 0.2) is 0 Å². The first kappa shape index (κ1) is 19.3. The fourth-order valence-corrected chi connectivity index (χ4v) is 2.92. The molecule has 0 saturated carbocycles. The van der Waals surface area contributed by atoms with Crippen molar-refractivity contribution in [3.8, 4) is 11.3 Å². The number of nitrogens with one attached hydrogen (secondary N) is 2. The van der Waals surface area contributed by atoms with E-state index in [4.69, 9.17) is 4.74 Å². The minimum Gasteiger partial charge on any atom is -0.462 e. The van der Waals surface area contributed by atoms with E-state index in [0.717, 1.165) is 12.0 Å². The summed E-state index contributed by atoms with van der Waals surface area (Å²) >= 11 is 0. The summed E-state index contributed by atoms with van der Waals surface area (Å²) in [6.45, 7) is 5.80. The van der Waals surface area contributed by atoms with Crippen LogP contribution in [0.25, 0.3) is 22.3 Å². The molecule has 0 bridgehead atoms. The second-order valence-corrected chi connectivity index (χ2v) is 6.20. The Balaban J connectivity index is 2.01. The summed E-state index contributed by atoms with van der Waals surface area (Å²) in [7, 11) is 0. The average Bonchev–Trinajstić information content (AvgIpc) is 3.13. The molecule has 7 heteroatoms. The summed E-state index contributed by atoms with van der Waals surface area (Å²) < 4.78 is 5.13. The number of carbonyl (C=O) groups is 2. The number of esters is 1. The number of fused-ring (bicyclic) bond motifs is 1. The third kappa shape index (κ3) is 3.93. The lowest BCUT2D eigenvalue weighted by Gasteiger charge is -2.09. The van der Waals surface area contributed by atoms with Crippen LogP contribution in [0, 0.1) is 0 Å². The number of aromatic nitrogens is 3. The number of carbonyl (C=O) groups excluding carboxylic acids is 2. The van der Waals surface area contributed by atoms with E-state index in [9.17, 15) is 9.59 Å². The zero-order valence-corrected chi connectivity index (χ0v) is 16.1. The van der Waals surface area contributed by atoms with Crippen LogP contribution in [0.3, 0.4) is 0 Å². The van der Waals surface area contributed by atoms with Crippen molar-refractivity contribution in [3.05, 3.63) is 54.0 Å². The van der Waals surface area contributed by atoms with Gasteiger partial charge in [-0.15, -0.1) is 0 Å². The molecule has 0 aliphatic rings. The molecule has 0 radical (unpaired) electrons. The number of hydrogen-bond donors (Lipinski definition) is 2. The highest BCUT2D eigenvalue weighted by atomic mass is 16.5. The number of anilines is 1. The number of aromatic amines is 1. The molecule has 3 aromatic rings. The van der Waals surface area contributed by atoms with E-state index in [1.165, 1.54) is 6.33 Å². The molecule has 7 nitrogen and oxygen atoms in total. The SMILES string of the molecule is CCC=C(C)C(=O)Nc1cccc(-c2ncnc3[nH]cc(C(=O)OCC)c23)c1. The Morgan fingerprint density at radius 3 is 2.82 bits per heavy atom. The van der Waals surface area contributed by atoms with Crippen molar-refractivity contribution in [1.82, 2.24) is 15.0 Å². The lowest BCUT2D eigenvalue weighted by molar-refractivity contribution is -0.112. The number of nitrogens with zero attached hydrogens (tertiary/aromatic N) is 2. The summed E-state index contributed by atoms with van der Waals surface area (Å²) in [4.78, 5) is 36.1. The Bertz CT molecular complexity index is 1050. The van der Waals surface area contributed by atoms with Gasteiger partial charge in [-0.05, 0) is 32.4 Å². The second-order valence-electron chi connectivity index (χ2n) is 6.20. The molecule has 1 amide bonds. The summed E-state index contributed by atoms with van der Waals surface area (Å²) in [5, 5.41) is 3.48. The molecule has 0 atom stereocenters. The minimum atomic E-state index is -0.436. The van der Waals surface area contributed by atoms with Crippen molar-refractivity contribution in [1.29, 1.82) is 0 Å². The number of H-pyrrole nitrogens is 1. The Hall–Kier alpha value is -3.48. The van der Waals surface area contributed by atoms with Crippen LogP contribution in [0.1, 0.15) is 37.6 Å². The standard InChI is InChI=1S/C21H22N4O3/c1-4-7-13(3)20(26)25-15-9-6-8-14(10-15)18-17-16(21(27)28-5-2)11-22-19(17)24-12-23-18/h6-12H,4-5H2,1-3H3,(H,25,26)(H,22,23,24). The van der Waals surface area contributed by atoms with Gasteiger partial charge in [-0.3, -0.25) is 4.79 Å². The maximum Gasteiger partial charge on any atom is 0.340 e. The topological polar surface area (TPSA) is 97.0 Å². The van der Waals surface area contributed by atoms with E-state index in [2.05, 4.69) is 20.3 Å². The highest BCUT2D eigenvalue weighted by Crippen LogP contribution is 2.30. The van der Waals surface area contributed by atoms with Crippen LogP contribution in [-0.4, -0.2) is 33.4 Å². The molecule has 0 aliphatic carbocycles. The molecule has 3 rings (SSSR count). The second kappa shape index (κ2) is 8.47. The van der Waals surface area contributed by atoms with E-state index in [-0.39, 0.29) is 12.5 Å². The van der Waals surface area contributed by atoms with Crippen LogP contribution in [0.5, 0.6) is 0 Å². The van der Waals surface area contributed by atoms with Crippen LogP contribution in [0.4, 0.5) is 5.69 Å². The van der Waals surface area contributed by atoms with Crippen molar-refractivity contribution in [2.45, 2.75) is 27.2 Å². The van der Waals surface area contributed by atoms with Crippen LogP contribution >= 0.6 is 0 Å². The van der Waals surface area contributed by atoms with Crippen LogP contribution in [0.2, 0.25) is 0 Å². The van der Waals surface area contributed by atoms with E-state index >= 15 is 0 Å². The zero-order valence-electron chi connectivity index (χ0n) is 16.1. The molecule has 2 heterocycles. The van der Waals surface area contributed by atoms with Gasteiger partial charge in [0.05, 0.1) is 23.3 Å². The van der Waals surface area contributed by atoms with Crippen molar-refractivity contribution in [2.24, 2.45) is 0 Å². The molecular formula is C21H22N4O3. The lowest BCUT2D eigenvalue weighted by atomic mass is 10.1. The maximum absolute atomic E-state index is 12.3. The number of rotatable bonds is 6. The molecule has 0 saturated heterocycles. The molecule has 2 aromatic heterocycles. The summed E-state index contributed by atoms with van der Waals surface area (Å²) in [6.07, 6.45) is 5.68. The zero-order chi connectivity index (χ0) is 20.1. The van der Waals surface area contributed by atoms with E-state index in [1.54, 1.807) is 20.0 Å². The Morgan fingerprint density at radius 2 is 2.07 bits per heavy atom. The molecule has 0 fully saturated rings. The van der Waals surface area contributed by atoms with Gasteiger partial charge in [-0.2, -0.15) is 0 Å². The van der Waals surface area contributed by atoms with Gasteiger partial charge in [-0.1, -0.05) is 25.1 Å². The fourth-order valence-electron chi connectivity index (χ4n) is 2.92. The van der Waals surface area contributed by atoms with Gasteiger partial charge in [0.25, 0.3) is 5.91 Å². The van der Waals surface area contributed by atoms with Crippen LogP contribution in [-0.2, 0) is 9.53 Å². The van der Waals surface area contributed by atoms with Gasteiger partial charge in [0.2, 0.25) is 0 Å². The van der Waals surface area contributed by atoms with Crippen molar-refractivity contribution in [3.63, 3.8) is 0 Å². The first-order valence-electron chi connectivity index (χ1n) is 9.12. The quantitative estimate of drug-likeness (QED) is 0.497. The number of ether oxygens (including phenoxy) is 1. The normalized spacial score (nSPS) is 11.5. The number of allylic oxidation sites excluding steroid dienone is 1. The van der Waals surface area contributed by atoms with Crippen molar-refractivity contribution >= 4 is 28.6 Å². The fraction of sp³-hybridized carbons (Fsp3) is 0.238. The van der Waals surface area contributed by atoms with Gasteiger partial charge < -0.3 is 15.0 Å². The van der Waals surface area contributed by atoms with Crippen LogP contribution in [0.15, 0.2) is 48.4 Å². The van der Waals surface area contributed by atoms with Gasteiger partial charge in [-0.25, -0.2) is 14.8 Å². The highest BCUT2D eigenvalue weighted by molar-refractivity contribution is 6.08. The molecule has 28 heavy (non-hydrogen) atoms. The average molecular weight is 378 g/mol. The molecule has 0 spiro atoms. The van der Waals surface area contributed by atoms with Gasteiger partial charge in [0, 0.05) is 23.0 Å². The maximum atomic E-state index is 12.3. The highest BCUT2D eigenvalue weighted by Gasteiger charge is 2.19. The van der Waals surface area contributed by atoms with Gasteiger partial charge in [0.1, 0.15) is 12.0 Å². The Kier molecular flexibility index (Phi) is 5.84. The smallest absolute Gasteiger partial charge is 0.340 e. The Labute approximate surface area is 162 Å². The first-order chi connectivity index (χ1) is 13.5. The molecule has 0 unspecified atom stereocenters. The largest absolute Gasteiger partial charge is 0.462 e. The lowest BCUT2D eigenvalue weighted by Crippen LogP contribution is -2.12. The Morgan fingerprint density at radius 1 is 1.25 bits per heavy atom. The molecule has 0 aliphatic heterocycles. The first-order valence-corrected chi connectivity index (χ1v) is 9.12. The van der Waals surface area contributed by atoms with Gasteiger partial charge >= 0.3 is 5.97 Å². The van der Waals surface area contributed by atoms with E-state index in [0.29, 0.717) is 33.6 Å². The third-order valence-electron chi connectivity index (χ3n) is 4.23. The summed E-state index contributed by atoms with van der Waals surface area (Å²) in [6, 6.07) is 7.33. The predicted octanol–water partition coefficient (Wildman–Crippen LogP) is 4.10. The minimum absolute atomic E-state index is 0.152. The number of amides is 1. The number of hydrogen-bond acceptors (Lipinski definition) is 5. The van der Waals surface area contributed by atoms with Crippen molar-refractivity contribution in [2.75, 3.05) is 11.9 Å².